The number of hydrogen-bond acceptors (Lipinski definition) is 4. The predicted molar refractivity (Wildman–Crippen MR) is 92.3 cm³/mol. The summed E-state index contributed by atoms with van der Waals surface area (Å²) in [6.45, 7) is 1.98. The number of para-hydroxylation sites is 1. The first-order chi connectivity index (χ1) is 12.2. The van der Waals surface area contributed by atoms with E-state index < -0.39 is 0 Å². The van der Waals surface area contributed by atoms with E-state index in [0.717, 1.165) is 10.9 Å². The van der Waals surface area contributed by atoms with Crippen molar-refractivity contribution < 1.29 is 14.0 Å². The molecule has 0 spiro atoms. The van der Waals surface area contributed by atoms with Crippen molar-refractivity contribution in [3.63, 3.8) is 0 Å². The standard InChI is InChI=1S/C19H17N3O3/c23-18(15-12-14-4-1-2-5-16(14)20-13-15)21-7-9-22(10-8-21)19(24)17-6-3-11-25-17/h1-6,11-13H,7-10H2. The molecule has 0 N–H and O–H groups in total. The highest BCUT2D eigenvalue weighted by Gasteiger charge is 2.26. The predicted octanol–water partition coefficient (Wildman–Crippen LogP) is 2.43. The first-order valence-electron chi connectivity index (χ1n) is 8.19. The smallest absolute Gasteiger partial charge is 0.289 e. The van der Waals surface area contributed by atoms with Crippen molar-refractivity contribution in [2.75, 3.05) is 26.2 Å². The summed E-state index contributed by atoms with van der Waals surface area (Å²) < 4.78 is 5.15. The van der Waals surface area contributed by atoms with Gasteiger partial charge >= 0.3 is 0 Å². The summed E-state index contributed by atoms with van der Waals surface area (Å²) in [6.07, 6.45) is 3.10. The van der Waals surface area contributed by atoms with Gasteiger partial charge in [-0.05, 0) is 24.3 Å². The monoisotopic (exact) mass is 335 g/mol. The molecule has 0 radical (unpaired) electrons. The molecule has 0 aliphatic carbocycles. The zero-order valence-electron chi connectivity index (χ0n) is 13.6. The van der Waals surface area contributed by atoms with Gasteiger partial charge in [-0.1, -0.05) is 18.2 Å². The summed E-state index contributed by atoms with van der Waals surface area (Å²) in [4.78, 5) is 32.8. The van der Waals surface area contributed by atoms with Crippen molar-refractivity contribution in [3.05, 3.63) is 66.2 Å². The Hall–Kier alpha value is -3.15. The maximum Gasteiger partial charge on any atom is 0.289 e. The highest BCUT2D eigenvalue weighted by Crippen LogP contribution is 2.16. The lowest BCUT2D eigenvalue weighted by Gasteiger charge is -2.34. The highest BCUT2D eigenvalue weighted by atomic mass is 16.3. The molecule has 1 saturated heterocycles. The number of furan rings is 1. The van der Waals surface area contributed by atoms with Crippen molar-refractivity contribution in [3.8, 4) is 0 Å². The van der Waals surface area contributed by atoms with Gasteiger partial charge in [0.1, 0.15) is 0 Å². The van der Waals surface area contributed by atoms with Crippen LogP contribution in [-0.2, 0) is 0 Å². The molecule has 6 heteroatoms. The normalized spacial score (nSPS) is 14.7. The number of benzene rings is 1. The molecule has 0 saturated carbocycles. The zero-order valence-corrected chi connectivity index (χ0v) is 13.6. The van der Waals surface area contributed by atoms with Gasteiger partial charge in [-0.25, -0.2) is 0 Å². The molecule has 1 aromatic carbocycles. The topological polar surface area (TPSA) is 66.7 Å². The van der Waals surface area contributed by atoms with Crippen LogP contribution >= 0.6 is 0 Å². The third-order valence-corrected chi connectivity index (χ3v) is 4.42. The van der Waals surface area contributed by atoms with E-state index in [4.69, 9.17) is 4.42 Å². The molecule has 4 rings (SSSR count). The Kier molecular flexibility index (Phi) is 3.93. The van der Waals surface area contributed by atoms with Crippen LogP contribution in [0.5, 0.6) is 0 Å². The molecule has 1 aliphatic heterocycles. The summed E-state index contributed by atoms with van der Waals surface area (Å²) in [5, 5.41) is 0.944. The number of pyridine rings is 1. The summed E-state index contributed by atoms with van der Waals surface area (Å²) >= 11 is 0. The second-order valence-corrected chi connectivity index (χ2v) is 5.98. The molecule has 6 nitrogen and oxygen atoms in total. The van der Waals surface area contributed by atoms with Gasteiger partial charge in [0.2, 0.25) is 0 Å². The second-order valence-electron chi connectivity index (χ2n) is 5.98. The van der Waals surface area contributed by atoms with Crippen LogP contribution in [0.25, 0.3) is 10.9 Å². The molecule has 2 amide bonds. The number of aromatic nitrogens is 1. The quantitative estimate of drug-likeness (QED) is 0.721. The van der Waals surface area contributed by atoms with Gasteiger partial charge in [0, 0.05) is 37.8 Å². The molecule has 3 aromatic rings. The molecule has 3 heterocycles. The largest absolute Gasteiger partial charge is 0.459 e. The molecular weight excluding hydrogens is 318 g/mol. The molecule has 0 atom stereocenters. The summed E-state index contributed by atoms with van der Waals surface area (Å²) in [5.41, 5.74) is 1.44. The fourth-order valence-electron chi connectivity index (χ4n) is 3.04. The molecule has 1 fully saturated rings. The average molecular weight is 335 g/mol. The second kappa shape index (κ2) is 6.39. The Bertz CT molecular complexity index is 913. The Balaban J connectivity index is 1.44. The van der Waals surface area contributed by atoms with Crippen molar-refractivity contribution in [2.45, 2.75) is 0 Å². The maximum atomic E-state index is 12.7. The van der Waals surface area contributed by atoms with E-state index in [2.05, 4.69) is 4.98 Å². The van der Waals surface area contributed by atoms with Crippen LogP contribution < -0.4 is 0 Å². The number of rotatable bonds is 2. The van der Waals surface area contributed by atoms with Crippen molar-refractivity contribution in [1.82, 2.24) is 14.8 Å². The molecule has 25 heavy (non-hydrogen) atoms. The lowest BCUT2D eigenvalue weighted by molar-refractivity contribution is 0.0518. The van der Waals surface area contributed by atoms with E-state index in [-0.39, 0.29) is 11.8 Å². The van der Waals surface area contributed by atoms with Gasteiger partial charge in [0.25, 0.3) is 11.8 Å². The number of nitrogens with zero attached hydrogens (tertiary/aromatic N) is 3. The van der Waals surface area contributed by atoms with Gasteiger partial charge < -0.3 is 14.2 Å². The first kappa shape index (κ1) is 15.4. The Morgan fingerprint density at radius 3 is 2.36 bits per heavy atom. The van der Waals surface area contributed by atoms with Crippen molar-refractivity contribution >= 4 is 22.7 Å². The fraction of sp³-hybridized carbons (Fsp3) is 0.211. The minimum atomic E-state index is -0.135. The SMILES string of the molecule is O=C(c1cnc2ccccc2c1)N1CCN(C(=O)c2ccco2)CC1. The Labute approximate surface area is 144 Å². The van der Waals surface area contributed by atoms with E-state index in [0.29, 0.717) is 37.5 Å². The number of carbonyl (C=O) groups is 2. The van der Waals surface area contributed by atoms with E-state index in [1.165, 1.54) is 6.26 Å². The average Bonchev–Trinajstić information content (AvgIpc) is 3.21. The molecule has 1 aliphatic rings. The van der Waals surface area contributed by atoms with Crippen molar-refractivity contribution in [2.24, 2.45) is 0 Å². The van der Waals surface area contributed by atoms with Gasteiger partial charge in [-0.2, -0.15) is 0 Å². The van der Waals surface area contributed by atoms with Crippen LogP contribution in [0.2, 0.25) is 0 Å². The summed E-state index contributed by atoms with van der Waals surface area (Å²) in [5.74, 6) is 0.145. The van der Waals surface area contributed by atoms with Crippen LogP contribution in [0.3, 0.4) is 0 Å². The Morgan fingerprint density at radius 1 is 0.920 bits per heavy atom. The summed E-state index contributed by atoms with van der Waals surface area (Å²) in [6, 6.07) is 12.9. The van der Waals surface area contributed by atoms with E-state index >= 15 is 0 Å². The van der Waals surface area contributed by atoms with E-state index in [9.17, 15) is 9.59 Å². The molecular formula is C19H17N3O3. The van der Waals surface area contributed by atoms with Gasteiger partial charge in [0.15, 0.2) is 5.76 Å². The number of carbonyl (C=O) groups excluding carboxylic acids is 2. The molecule has 0 bridgehead atoms. The van der Waals surface area contributed by atoms with Gasteiger partial charge in [-0.3, -0.25) is 14.6 Å². The molecule has 2 aromatic heterocycles. The lowest BCUT2D eigenvalue weighted by Crippen LogP contribution is -2.50. The van der Waals surface area contributed by atoms with Crippen molar-refractivity contribution in [1.29, 1.82) is 0 Å². The minimum Gasteiger partial charge on any atom is -0.459 e. The van der Waals surface area contributed by atoms with Gasteiger partial charge in [-0.15, -0.1) is 0 Å². The highest BCUT2D eigenvalue weighted by molar-refractivity contribution is 5.97. The molecule has 0 unspecified atom stereocenters. The number of hydrogen-bond donors (Lipinski definition) is 0. The molecule has 126 valence electrons. The van der Waals surface area contributed by atoms with E-state index in [1.54, 1.807) is 28.1 Å². The summed E-state index contributed by atoms with van der Waals surface area (Å²) in [7, 11) is 0. The number of fused-ring (bicyclic) bond motifs is 1. The lowest BCUT2D eigenvalue weighted by atomic mass is 10.1. The van der Waals surface area contributed by atoms with Crippen LogP contribution in [0.15, 0.2) is 59.3 Å². The third-order valence-electron chi connectivity index (χ3n) is 4.42. The van der Waals surface area contributed by atoms with Gasteiger partial charge in [0.05, 0.1) is 17.3 Å². The minimum absolute atomic E-state index is 0.0525. The van der Waals surface area contributed by atoms with Crippen LogP contribution in [0, 0.1) is 0 Å². The van der Waals surface area contributed by atoms with Crippen LogP contribution in [-0.4, -0.2) is 52.8 Å². The van der Waals surface area contributed by atoms with Crippen LogP contribution in [0.1, 0.15) is 20.9 Å². The first-order valence-corrected chi connectivity index (χ1v) is 8.19. The number of piperazine rings is 1. The number of amides is 2. The van der Waals surface area contributed by atoms with Crippen LogP contribution in [0.4, 0.5) is 0 Å². The maximum absolute atomic E-state index is 12.7. The fourth-order valence-corrected chi connectivity index (χ4v) is 3.04. The Morgan fingerprint density at radius 2 is 1.64 bits per heavy atom. The third kappa shape index (κ3) is 2.98. The van der Waals surface area contributed by atoms with E-state index in [1.807, 2.05) is 30.3 Å². The zero-order chi connectivity index (χ0) is 17.2.